The quantitative estimate of drug-likeness (QED) is 0.575. The van der Waals surface area contributed by atoms with Crippen molar-refractivity contribution in [3.8, 4) is 16.9 Å². The zero-order valence-electron chi connectivity index (χ0n) is 10.2. The van der Waals surface area contributed by atoms with Crippen LogP contribution in [0.4, 0.5) is 0 Å². The van der Waals surface area contributed by atoms with E-state index in [-0.39, 0.29) is 0 Å². The van der Waals surface area contributed by atoms with Crippen molar-refractivity contribution >= 4 is 39.1 Å². The topological polar surface area (TPSA) is 17.8 Å². The summed E-state index contributed by atoms with van der Waals surface area (Å²) in [6.45, 7) is 0. The van der Waals surface area contributed by atoms with Crippen LogP contribution in [0.25, 0.3) is 16.9 Å². The van der Waals surface area contributed by atoms with Gasteiger partial charge in [0.1, 0.15) is 0 Å². The van der Waals surface area contributed by atoms with E-state index in [1.54, 1.807) is 12.3 Å². The lowest BCUT2D eigenvalue weighted by Gasteiger charge is -2.09. The van der Waals surface area contributed by atoms with Gasteiger partial charge in [-0.2, -0.15) is 5.10 Å². The molecule has 0 aliphatic rings. The summed E-state index contributed by atoms with van der Waals surface area (Å²) in [6.07, 6.45) is 1.77. The molecule has 0 amide bonds. The maximum Gasteiger partial charge on any atom is 0.0883 e. The van der Waals surface area contributed by atoms with Gasteiger partial charge in [-0.15, -0.1) is 0 Å². The molecule has 3 rings (SSSR count). The van der Waals surface area contributed by atoms with Crippen molar-refractivity contribution in [2.45, 2.75) is 0 Å². The van der Waals surface area contributed by atoms with E-state index in [9.17, 15) is 0 Å². The molecule has 1 aromatic heterocycles. The van der Waals surface area contributed by atoms with Crippen molar-refractivity contribution in [1.82, 2.24) is 9.78 Å². The van der Waals surface area contributed by atoms with Crippen LogP contribution >= 0.6 is 39.1 Å². The molecule has 20 heavy (non-hydrogen) atoms. The first-order valence-corrected chi connectivity index (χ1v) is 7.46. The summed E-state index contributed by atoms with van der Waals surface area (Å²) >= 11 is 15.6. The molecule has 5 heteroatoms. The van der Waals surface area contributed by atoms with Crippen LogP contribution in [0.15, 0.2) is 59.2 Å². The average Bonchev–Trinajstić information content (AvgIpc) is 2.85. The zero-order valence-corrected chi connectivity index (χ0v) is 13.3. The molecule has 1 heterocycles. The third-order valence-electron chi connectivity index (χ3n) is 2.92. The predicted octanol–water partition coefficient (Wildman–Crippen LogP) is 5.61. The molecule has 3 aromatic rings. The van der Waals surface area contributed by atoms with E-state index in [0.29, 0.717) is 10.0 Å². The minimum atomic E-state index is 0.525. The molecule has 0 aliphatic carbocycles. The van der Waals surface area contributed by atoms with Crippen LogP contribution in [0, 0.1) is 0 Å². The van der Waals surface area contributed by atoms with Crippen LogP contribution < -0.4 is 0 Å². The molecule has 2 nitrogen and oxygen atoms in total. The van der Waals surface area contributed by atoms with Crippen LogP contribution in [-0.4, -0.2) is 9.78 Å². The van der Waals surface area contributed by atoms with E-state index in [1.807, 2.05) is 47.1 Å². The number of hydrogen-bond donors (Lipinski definition) is 0. The largest absolute Gasteiger partial charge is 0.232 e. The van der Waals surface area contributed by atoms with Crippen LogP contribution in [0.1, 0.15) is 0 Å². The Hall–Kier alpha value is -1.29. The van der Waals surface area contributed by atoms with Gasteiger partial charge in [0.15, 0.2) is 0 Å². The zero-order chi connectivity index (χ0) is 14.1. The van der Waals surface area contributed by atoms with Crippen LogP contribution in [0.2, 0.25) is 10.0 Å². The van der Waals surface area contributed by atoms with Crippen molar-refractivity contribution in [2.75, 3.05) is 0 Å². The van der Waals surface area contributed by atoms with Crippen LogP contribution in [0.3, 0.4) is 0 Å². The normalized spacial score (nSPS) is 10.8. The van der Waals surface area contributed by atoms with E-state index < -0.39 is 0 Å². The summed E-state index contributed by atoms with van der Waals surface area (Å²) in [5, 5.41) is 5.47. The lowest BCUT2D eigenvalue weighted by atomic mass is 10.1. The minimum absolute atomic E-state index is 0.525. The summed E-state index contributed by atoms with van der Waals surface area (Å²) in [6, 6.07) is 15.5. The Labute approximate surface area is 135 Å². The van der Waals surface area contributed by atoms with Gasteiger partial charge in [-0.25, -0.2) is 4.68 Å². The van der Waals surface area contributed by atoms with Crippen molar-refractivity contribution in [2.24, 2.45) is 0 Å². The summed E-state index contributed by atoms with van der Waals surface area (Å²) in [5.41, 5.74) is 2.88. The molecule has 0 bridgehead atoms. The van der Waals surface area contributed by atoms with Gasteiger partial charge < -0.3 is 0 Å². The predicted molar refractivity (Wildman–Crippen MR) is 86.7 cm³/mol. The van der Waals surface area contributed by atoms with E-state index in [4.69, 9.17) is 23.2 Å². The first-order chi connectivity index (χ1) is 9.66. The summed E-state index contributed by atoms with van der Waals surface area (Å²) in [4.78, 5) is 0. The molecule has 0 N–H and O–H groups in total. The number of para-hydroxylation sites is 1. The smallest absolute Gasteiger partial charge is 0.0883 e. The number of nitrogens with zero attached hydrogens (tertiary/aromatic N) is 2. The monoisotopic (exact) mass is 366 g/mol. The Morgan fingerprint density at radius 1 is 0.950 bits per heavy atom. The molecule has 0 saturated heterocycles. The van der Waals surface area contributed by atoms with Crippen molar-refractivity contribution in [1.29, 1.82) is 0 Å². The fourth-order valence-electron chi connectivity index (χ4n) is 2.00. The van der Waals surface area contributed by atoms with Crippen LogP contribution in [-0.2, 0) is 0 Å². The summed E-state index contributed by atoms with van der Waals surface area (Å²) in [5.74, 6) is 0. The first kappa shape index (κ1) is 13.7. The fourth-order valence-corrected chi connectivity index (χ4v) is 2.78. The van der Waals surface area contributed by atoms with Gasteiger partial charge in [0.25, 0.3) is 0 Å². The Morgan fingerprint density at radius 2 is 1.70 bits per heavy atom. The van der Waals surface area contributed by atoms with Gasteiger partial charge in [0, 0.05) is 5.56 Å². The molecule has 0 saturated carbocycles. The number of rotatable bonds is 2. The Kier molecular flexibility index (Phi) is 3.83. The molecule has 0 radical (unpaired) electrons. The van der Waals surface area contributed by atoms with Crippen LogP contribution in [0.5, 0.6) is 0 Å². The third-order valence-corrected chi connectivity index (χ3v) is 4.24. The van der Waals surface area contributed by atoms with Crippen molar-refractivity contribution < 1.29 is 0 Å². The highest BCUT2D eigenvalue weighted by molar-refractivity contribution is 9.10. The van der Waals surface area contributed by atoms with Gasteiger partial charge in [0.05, 0.1) is 32.1 Å². The molecule has 0 fully saturated rings. The second kappa shape index (κ2) is 5.60. The molecule has 0 atom stereocenters. The van der Waals surface area contributed by atoms with Crippen molar-refractivity contribution in [3.63, 3.8) is 0 Å². The lowest BCUT2D eigenvalue weighted by Crippen LogP contribution is -1.98. The molecule has 2 aromatic carbocycles. The third kappa shape index (κ3) is 2.49. The molecular weight excluding hydrogens is 359 g/mol. The SMILES string of the molecule is Clc1ccc(-c2c(Br)cnn2-c2ccccc2)cc1Cl. The van der Waals surface area contributed by atoms with E-state index in [0.717, 1.165) is 21.4 Å². The summed E-state index contributed by atoms with van der Waals surface area (Å²) < 4.78 is 2.77. The average molecular weight is 368 g/mol. The van der Waals surface area contributed by atoms with Gasteiger partial charge in [0.2, 0.25) is 0 Å². The van der Waals surface area contributed by atoms with E-state index in [1.165, 1.54) is 0 Å². The van der Waals surface area contributed by atoms with Gasteiger partial charge in [-0.05, 0) is 40.2 Å². The standard InChI is InChI=1S/C15H9BrCl2N2/c16-12-9-19-20(11-4-2-1-3-5-11)15(12)10-6-7-13(17)14(18)8-10/h1-9H. The first-order valence-electron chi connectivity index (χ1n) is 5.91. The fraction of sp³-hybridized carbons (Fsp3) is 0. The van der Waals surface area contributed by atoms with E-state index in [2.05, 4.69) is 21.0 Å². The highest BCUT2D eigenvalue weighted by atomic mass is 79.9. The maximum absolute atomic E-state index is 6.10. The van der Waals surface area contributed by atoms with Crippen molar-refractivity contribution in [3.05, 3.63) is 69.2 Å². The minimum Gasteiger partial charge on any atom is -0.232 e. The highest BCUT2D eigenvalue weighted by Gasteiger charge is 2.13. The Balaban J connectivity index is 2.19. The Bertz CT molecular complexity index is 754. The number of halogens is 3. The molecule has 100 valence electrons. The molecular formula is C15H9BrCl2N2. The Morgan fingerprint density at radius 3 is 2.40 bits per heavy atom. The lowest BCUT2D eigenvalue weighted by molar-refractivity contribution is 0.888. The molecule has 0 unspecified atom stereocenters. The number of aromatic nitrogens is 2. The second-order valence-electron chi connectivity index (χ2n) is 4.22. The highest BCUT2D eigenvalue weighted by Crippen LogP contribution is 2.34. The van der Waals surface area contributed by atoms with Gasteiger partial charge in [-0.3, -0.25) is 0 Å². The second-order valence-corrected chi connectivity index (χ2v) is 5.89. The number of benzene rings is 2. The van der Waals surface area contributed by atoms with Gasteiger partial charge in [-0.1, -0.05) is 47.5 Å². The van der Waals surface area contributed by atoms with E-state index >= 15 is 0 Å². The molecule has 0 aliphatic heterocycles. The number of hydrogen-bond acceptors (Lipinski definition) is 1. The summed E-state index contributed by atoms with van der Waals surface area (Å²) in [7, 11) is 0. The van der Waals surface area contributed by atoms with Gasteiger partial charge >= 0.3 is 0 Å². The molecule has 0 spiro atoms. The maximum atomic E-state index is 6.10.